The first-order valence-electron chi connectivity index (χ1n) is 19.8. The number of hydrogen-bond donors (Lipinski definition) is 0. The van der Waals surface area contributed by atoms with E-state index in [9.17, 15) is 0 Å². The minimum atomic E-state index is 0.0893. The standard InChI is InChI=1S/C51H43NO2/c1-32-22-26-36(27-23-32)52-43-18-8-5-14-38(43)41-30-34(24-28-44(41)52)35-25-29-47-42(31-35)49(39-15-6-9-19-45(39)53-47)51-40-16-7-10-20-46(40)54-48-21-11-17-37(50(48)51)33-12-3-2-4-13-33/h2-7,9-12,14,16-17,19-22,24-33,39,49,51H,8,13,15,18,23H2,1H3. The molecule has 264 valence electrons. The van der Waals surface area contributed by atoms with Crippen LogP contribution in [0.2, 0.25) is 0 Å². The summed E-state index contributed by atoms with van der Waals surface area (Å²) < 4.78 is 16.1. The predicted octanol–water partition coefficient (Wildman–Crippen LogP) is 13.2. The quantitative estimate of drug-likeness (QED) is 0.186. The van der Waals surface area contributed by atoms with E-state index < -0.39 is 0 Å². The van der Waals surface area contributed by atoms with Gasteiger partial charge in [0.1, 0.15) is 23.0 Å². The van der Waals surface area contributed by atoms with Crippen molar-refractivity contribution < 1.29 is 9.47 Å². The lowest BCUT2D eigenvalue weighted by Gasteiger charge is -2.43. The van der Waals surface area contributed by atoms with Gasteiger partial charge in [-0.15, -0.1) is 0 Å². The Morgan fingerprint density at radius 2 is 1.54 bits per heavy atom. The second kappa shape index (κ2) is 12.7. The second-order valence-corrected chi connectivity index (χ2v) is 15.8. The van der Waals surface area contributed by atoms with Gasteiger partial charge in [0.05, 0.1) is 5.52 Å². The zero-order valence-electron chi connectivity index (χ0n) is 30.6. The molecule has 2 aliphatic heterocycles. The summed E-state index contributed by atoms with van der Waals surface area (Å²) in [6, 6.07) is 29.5. The van der Waals surface area contributed by atoms with Crippen molar-refractivity contribution in [1.82, 2.24) is 4.57 Å². The largest absolute Gasteiger partial charge is 0.461 e. The van der Waals surface area contributed by atoms with Crippen LogP contribution in [0.5, 0.6) is 17.2 Å². The van der Waals surface area contributed by atoms with E-state index in [1.54, 1.807) is 0 Å². The van der Waals surface area contributed by atoms with E-state index in [1.165, 1.54) is 61.2 Å². The third-order valence-electron chi connectivity index (χ3n) is 12.6. The van der Waals surface area contributed by atoms with Crippen molar-refractivity contribution in [1.29, 1.82) is 0 Å². The average Bonchev–Trinajstić information content (AvgIpc) is 3.56. The number of ether oxygens (including phenoxy) is 2. The molecule has 3 heterocycles. The molecule has 0 spiro atoms. The van der Waals surface area contributed by atoms with Crippen molar-refractivity contribution in [2.45, 2.75) is 56.8 Å². The number of nitrogens with zero attached hydrogens (tertiary/aromatic N) is 1. The van der Waals surface area contributed by atoms with Gasteiger partial charge >= 0.3 is 0 Å². The normalized spacial score (nSPS) is 24.4. The first-order valence-corrected chi connectivity index (χ1v) is 19.8. The minimum absolute atomic E-state index is 0.0893. The summed E-state index contributed by atoms with van der Waals surface area (Å²) in [4.78, 5) is 0. The monoisotopic (exact) mass is 701 g/mol. The van der Waals surface area contributed by atoms with Gasteiger partial charge in [-0.2, -0.15) is 0 Å². The van der Waals surface area contributed by atoms with Crippen molar-refractivity contribution in [3.63, 3.8) is 0 Å². The molecule has 5 aromatic rings. The van der Waals surface area contributed by atoms with E-state index in [0.717, 1.165) is 55.1 Å². The highest BCUT2D eigenvalue weighted by atomic mass is 16.5. The molecule has 3 nitrogen and oxygen atoms in total. The van der Waals surface area contributed by atoms with Gasteiger partial charge in [0, 0.05) is 62.7 Å². The fourth-order valence-electron chi connectivity index (χ4n) is 10.1. The Labute approximate surface area is 317 Å². The van der Waals surface area contributed by atoms with Crippen LogP contribution in [0.25, 0.3) is 33.8 Å². The Morgan fingerprint density at radius 3 is 2.44 bits per heavy atom. The summed E-state index contributed by atoms with van der Waals surface area (Å²) in [6.45, 7) is 2.29. The van der Waals surface area contributed by atoms with E-state index in [0.29, 0.717) is 11.8 Å². The Hall–Kier alpha value is -5.80. The SMILES string of the molecule is CC1C=CC(n2c3c(c4cc(-c5ccc6c(c5)C(C5c7ccccc7Oc7cccc(C8C=CC=CC8)c75)C5CC=CC=C5O6)ccc42)C=CCC3)=CC1. The van der Waals surface area contributed by atoms with E-state index in [1.807, 2.05) is 0 Å². The topological polar surface area (TPSA) is 23.4 Å². The van der Waals surface area contributed by atoms with Crippen LogP contribution in [-0.4, -0.2) is 4.57 Å². The van der Waals surface area contributed by atoms with Crippen molar-refractivity contribution in [3.8, 4) is 28.4 Å². The molecular weight excluding hydrogens is 659 g/mol. The highest BCUT2D eigenvalue weighted by Crippen LogP contribution is 2.60. The molecule has 0 fully saturated rings. The van der Waals surface area contributed by atoms with Gasteiger partial charge in [-0.1, -0.05) is 110 Å². The zero-order valence-corrected chi connectivity index (χ0v) is 30.6. The molecule has 6 aliphatic rings. The van der Waals surface area contributed by atoms with Crippen LogP contribution in [0.15, 0.2) is 151 Å². The molecule has 0 N–H and O–H groups in total. The smallest absolute Gasteiger partial charge is 0.131 e. The van der Waals surface area contributed by atoms with Gasteiger partial charge < -0.3 is 14.0 Å². The van der Waals surface area contributed by atoms with Gasteiger partial charge in [0.15, 0.2) is 0 Å². The maximum atomic E-state index is 6.83. The molecule has 0 amide bonds. The van der Waals surface area contributed by atoms with Crippen LogP contribution in [0, 0.1) is 11.8 Å². The van der Waals surface area contributed by atoms with Crippen molar-refractivity contribution >= 4 is 22.7 Å². The number of para-hydroxylation sites is 1. The maximum absolute atomic E-state index is 6.83. The van der Waals surface area contributed by atoms with Crippen LogP contribution < -0.4 is 9.47 Å². The van der Waals surface area contributed by atoms with Crippen LogP contribution >= 0.6 is 0 Å². The fourth-order valence-corrected chi connectivity index (χ4v) is 10.1. The summed E-state index contributed by atoms with van der Waals surface area (Å²) in [7, 11) is 0. The first-order chi connectivity index (χ1) is 26.7. The highest BCUT2D eigenvalue weighted by molar-refractivity contribution is 5.97. The molecule has 4 aromatic carbocycles. The third kappa shape index (κ3) is 5.01. The Kier molecular flexibility index (Phi) is 7.43. The Bertz CT molecular complexity index is 2580. The molecule has 5 unspecified atom stereocenters. The molecule has 4 aliphatic carbocycles. The van der Waals surface area contributed by atoms with E-state index >= 15 is 0 Å². The van der Waals surface area contributed by atoms with Crippen LogP contribution in [0.4, 0.5) is 0 Å². The van der Waals surface area contributed by atoms with E-state index in [2.05, 4.69) is 163 Å². The lowest BCUT2D eigenvalue weighted by atomic mass is 9.65. The molecule has 1 aromatic heterocycles. The zero-order chi connectivity index (χ0) is 35.8. The number of rotatable bonds is 4. The van der Waals surface area contributed by atoms with Crippen molar-refractivity contribution in [2.24, 2.45) is 11.8 Å². The van der Waals surface area contributed by atoms with Gasteiger partial charge in [0.25, 0.3) is 0 Å². The third-order valence-corrected chi connectivity index (χ3v) is 12.6. The van der Waals surface area contributed by atoms with E-state index in [4.69, 9.17) is 9.47 Å². The van der Waals surface area contributed by atoms with Crippen molar-refractivity contribution in [2.75, 3.05) is 0 Å². The molecule has 11 rings (SSSR count). The number of fused-ring (bicyclic) bond motifs is 7. The maximum Gasteiger partial charge on any atom is 0.131 e. The van der Waals surface area contributed by atoms with E-state index in [-0.39, 0.29) is 17.8 Å². The molecule has 3 heteroatoms. The minimum Gasteiger partial charge on any atom is -0.461 e. The first kappa shape index (κ1) is 31.7. The molecule has 0 radical (unpaired) electrons. The summed E-state index contributed by atoms with van der Waals surface area (Å²) in [5.41, 5.74) is 13.1. The number of hydrogen-bond acceptors (Lipinski definition) is 2. The average molecular weight is 702 g/mol. The van der Waals surface area contributed by atoms with Crippen LogP contribution in [0.3, 0.4) is 0 Å². The summed E-state index contributed by atoms with van der Waals surface area (Å²) in [5.74, 6) is 5.28. The predicted molar refractivity (Wildman–Crippen MR) is 221 cm³/mol. The van der Waals surface area contributed by atoms with Gasteiger partial charge in [-0.05, 0) is 103 Å². The highest BCUT2D eigenvalue weighted by Gasteiger charge is 2.45. The number of aromatic nitrogens is 1. The summed E-state index contributed by atoms with van der Waals surface area (Å²) in [6.07, 6.45) is 32.6. The number of allylic oxidation sites excluding steroid dienone is 13. The molecule has 0 saturated heterocycles. The lowest BCUT2D eigenvalue weighted by molar-refractivity contribution is 0.258. The summed E-state index contributed by atoms with van der Waals surface area (Å²) in [5, 5.41) is 1.33. The molecule has 54 heavy (non-hydrogen) atoms. The second-order valence-electron chi connectivity index (χ2n) is 15.8. The van der Waals surface area contributed by atoms with Crippen LogP contribution in [-0.2, 0) is 6.42 Å². The van der Waals surface area contributed by atoms with Gasteiger partial charge in [-0.25, -0.2) is 0 Å². The van der Waals surface area contributed by atoms with Crippen molar-refractivity contribution in [3.05, 3.63) is 185 Å². The molecular formula is C51H43NO2. The lowest BCUT2D eigenvalue weighted by Crippen LogP contribution is -2.31. The molecule has 0 bridgehead atoms. The fraction of sp³-hybridized carbons (Fsp3) is 0.216. The Morgan fingerprint density at radius 1 is 0.685 bits per heavy atom. The Balaban J connectivity index is 1.09. The van der Waals surface area contributed by atoms with Gasteiger partial charge in [0.2, 0.25) is 0 Å². The van der Waals surface area contributed by atoms with Crippen LogP contribution in [0.1, 0.15) is 83.9 Å². The molecule has 0 saturated carbocycles. The van der Waals surface area contributed by atoms with Gasteiger partial charge in [-0.3, -0.25) is 0 Å². The summed E-state index contributed by atoms with van der Waals surface area (Å²) >= 11 is 0. The molecule has 5 atom stereocenters. The number of benzene rings is 4.